The van der Waals surface area contributed by atoms with E-state index in [1.54, 1.807) is 0 Å². The largest absolute Gasteiger partial charge is 0.667 e. The van der Waals surface area contributed by atoms with Crippen molar-refractivity contribution in [2.24, 2.45) is 0 Å². The highest BCUT2D eigenvalue weighted by molar-refractivity contribution is 7.90. The van der Waals surface area contributed by atoms with Gasteiger partial charge >= 0.3 is 50.4 Å². The Morgan fingerprint density at radius 3 is 1.00 bits per heavy atom. The molecule has 144 valence electrons. The van der Waals surface area contributed by atoms with E-state index in [-0.39, 0.29) is 0 Å². The molecule has 0 rings (SSSR count). The van der Waals surface area contributed by atoms with Gasteiger partial charge in [0.25, 0.3) is 0 Å². The molecule has 0 aromatic heterocycles. The number of alkyl halides is 10. The van der Waals surface area contributed by atoms with Gasteiger partial charge in [-0.15, -0.1) is 0 Å². The molecule has 0 aliphatic carbocycles. The first-order valence-electron chi connectivity index (χ1n) is 4.53. The molecular weight excluding hydrogens is 425 g/mol. The quantitative estimate of drug-likeness (QED) is 0.499. The van der Waals surface area contributed by atoms with Crippen LogP contribution in [0.2, 0.25) is 0 Å². The van der Waals surface area contributed by atoms with Gasteiger partial charge in [0, 0.05) is 0 Å². The van der Waals surface area contributed by atoms with Crippen LogP contribution < -0.4 is 0 Å². The van der Waals surface area contributed by atoms with E-state index in [2.05, 4.69) is 8.20 Å². The van der Waals surface area contributed by atoms with Crippen LogP contribution in [0.5, 0.6) is 0 Å². The minimum atomic E-state index is -7.29. The van der Waals surface area contributed by atoms with Crippen LogP contribution in [0.4, 0.5) is 43.9 Å². The van der Waals surface area contributed by atoms with Crippen LogP contribution in [0, 0.1) is 0 Å². The van der Waals surface area contributed by atoms with Crippen LogP contribution in [-0.2, 0) is 28.4 Å². The monoisotopic (exact) mass is 426 g/mol. The van der Waals surface area contributed by atoms with E-state index in [1.807, 2.05) is 0 Å². The molecule has 24 heavy (non-hydrogen) atoms. The molecule has 0 aliphatic rings. The van der Waals surface area contributed by atoms with E-state index in [4.69, 9.17) is 5.02 Å². The molecule has 0 saturated heterocycles. The van der Waals surface area contributed by atoms with E-state index < -0.39 is 50.4 Å². The smallest absolute Gasteiger partial charge is 0.400 e. The van der Waals surface area contributed by atoms with Gasteiger partial charge in [-0.3, -0.25) is 8.20 Å². The number of rotatable bonds is 6. The van der Waals surface area contributed by atoms with E-state index in [0.29, 0.717) is 0 Å². The zero-order valence-corrected chi connectivity index (χ0v) is 11.7. The minimum absolute atomic E-state index is 2.43. The summed E-state index contributed by atoms with van der Waals surface area (Å²) in [5.41, 5.74) is 0. The Morgan fingerprint density at radius 2 is 0.833 bits per heavy atom. The van der Waals surface area contributed by atoms with Crippen molar-refractivity contribution >= 4 is 27.6 Å². The summed E-state index contributed by atoms with van der Waals surface area (Å²) >= 11 is 0. The first-order valence-corrected chi connectivity index (χ1v) is 7.34. The van der Waals surface area contributed by atoms with Gasteiger partial charge in [0.2, 0.25) is 0 Å². The highest BCUT2D eigenvalue weighted by Crippen LogP contribution is 2.42. The van der Waals surface area contributed by atoms with Crippen molar-refractivity contribution in [2.75, 3.05) is 0 Å². The molecule has 1 N–H and O–H groups in total. The Labute approximate surface area is 125 Å². The molecule has 20 heteroatoms. The molecule has 0 unspecified atom stereocenters. The zero-order valence-electron chi connectivity index (χ0n) is 10.1. The van der Waals surface area contributed by atoms with Crippen molar-refractivity contribution in [2.45, 2.75) is 22.9 Å². The second kappa shape index (κ2) is 6.14. The molecule has 0 aliphatic heterocycles. The van der Waals surface area contributed by atoms with Crippen molar-refractivity contribution in [1.29, 1.82) is 0 Å². The average molecular weight is 426 g/mol. The van der Waals surface area contributed by atoms with Gasteiger partial charge in [0.1, 0.15) is 0 Å². The number of hydrogen-bond acceptors (Lipinski definition) is 7. The lowest BCUT2D eigenvalue weighted by Crippen LogP contribution is -2.50. The fourth-order valence-electron chi connectivity index (χ4n) is 0.637. The van der Waals surface area contributed by atoms with Crippen LogP contribution in [0.3, 0.4) is 0 Å². The molecule has 0 fully saturated rings. The summed E-state index contributed by atoms with van der Waals surface area (Å²) in [6.07, 6.45) is -13.7. The minimum Gasteiger partial charge on any atom is -0.400 e. The first kappa shape index (κ1) is 23.1. The summed E-state index contributed by atoms with van der Waals surface area (Å²) in [4.78, 5) is 0. The molecule has 0 amide bonds. The normalized spacial score (nSPS) is 15.5. The summed E-state index contributed by atoms with van der Waals surface area (Å²) in [7, 11) is -19.0. The second-order valence-electron chi connectivity index (χ2n) is 3.44. The fraction of sp³-hybridized carbons (Fsp3) is 1.00. The second-order valence-corrected chi connectivity index (χ2v) is 6.66. The number of hydrogen-bond donors (Lipinski definition) is 1. The molecule has 0 spiro atoms. The first-order chi connectivity index (χ1) is 10.1. The third kappa shape index (κ3) is 4.21. The highest BCUT2D eigenvalue weighted by Gasteiger charge is 2.71. The van der Waals surface area contributed by atoms with Crippen LogP contribution in [-0.4, -0.2) is 52.0 Å². The highest BCUT2D eigenvalue weighted by atomic mass is 32.2. The lowest BCUT2D eigenvalue weighted by molar-refractivity contribution is -0.243. The molecule has 0 atom stereocenters. The molecule has 7 nitrogen and oxygen atoms in total. The fourth-order valence-corrected chi connectivity index (χ4v) is 2.01. The standard InChI is InChI=1S/C4HBF10O7S2/c6-1(7,8)3(12,13)23(17,18)21-5(16)22-24(19,20)4(14,15)2(9,10)11/h16H. The molecule has 0 bridgehead atoms. The lowest BCUT2D eigenvalue weighted by atomic mass is 10.3. The maximum Gasteiger partial charge on any atom is 0.667 e. The van der Waals surface area contributed by atoms with Crippen LogP contribution >= 0.6 is 0 Å². The Balaban J connectivity index is 5.49. The molecule has 0 aromatic rings. The number of halogens is 10. The van der Waals surface area contributed by atoms with Crippen molar-refractivity contribution < 1.29 is 74.0 Å². The van der Waals surface area contributed by atoms with Crippen molar-refractivity contribution in [3.8, 4) is 0 Å². The Bertz CT molecular complexity index is 604. The summed E-state index contributed by atoms with van der Waals surface area (Å²) in [6, 6.07) is 0. The zero-order chi connectivity index (χ0) is 20.0. The van der Waals surface area contributed by atoms with Gasteiger partial charge < -0.3 is 5.02 Å². The predicted molar refractivity (Wildman–Crippen MR) is 50.0 cm³/mol. The molecule has 0 aromatic carbocycles. The predicted octanol–water partition coefficient (Wildman–Crippen LogP) is 0.967. The SMILES string of the molecule is O=S(=O)(OB(O)OS(=O)(=O)C(F)(F)C(F)(F)F)C(F)(F)C(F)(F)F. The molecular formula is C4HBF10O7S2. The Hall–Kier alpha value is -0.855. The summed E-state index contributed by atoms with van der Waals surface area (Å²) in [5, 5.41) is -5.21. The van der Waals surface area contributed by atoms with E-state index in [9.17, 15) is 60.7 Å². The van der Waals surface area contributed by atoms with Gasteiger partial charge in [0.05, 0.1) is 0 Å². The van der Waals surface area contributed by atoms with Gasteiger partial charge in [-0.25, -0.2) is 0 Å². The Morgan fingerprint density at radius 1 is 0.625 bits per heavy atom. The maximum atomic E-state index is 12.4. The van der Waals surface area contributed by atoms with Crippen LogP contribution in [0.1, 0.15) is 0 Å². The van der Waals surface area contributed by atoms with Crippen molar-refractivity contribution in [1.82, 2.24) is 0 Å². The third-order valence-corrected chi connectivity index (χ3v) is 4.26. The summed E-state index contributed by atoms with van der Waals surface area (Å²) in [6.45, 7) is 0. The molecule has 0 saturated carbocycles. The van der Waals surface area contributed by atoms with E-state index >= 15 is 0 Å². The average Bonchev–Trinajstić information content (AvgIpc) is 2.22. The Kier molecular flexibility index (Phi) is 5.92. The van der Waals surface area contributed by atoms with Crippen molar-refractivity contribution in [3.63, 3.8) is 0 Å². The van der Waals surface area contributed by atoms with Crippen molar-refractivity contribution in [3.05, 3.63) is 0 Å². The molecule has 0 heterocycles. The van der Waals surface area contributed by atoms with Crippen LogP contribution in [0.25, 0.3) is 0 Å². The van der Waals surface area contributed by atoms with Gasteiger partial charge in [-0.05, 0) is 0 Å². The van der Waals surface area contributed by atoms with Crippen LogP contribution in [0.15, 0.2) is 0 Å². The topological polar surface area (TPSA) is 107 Å². The van der Waals surface area contributed by atoms with Gasteiger partial charge in [-0.2, -0.15) is 60.7 Å². The summed E-state index contributed by atoms with van der Waals surface area (Å²) < 4.78 is 167. The molecule has 0 radical (unpaired) electrons. The third-order valence-electron chi connectivity index (χ3n) is 1.71. The van der Waals surface area contributed by atoms with Gasteiger partial charge in [0.15, 0.2) is 0 Å². The summed E-state index contributed by atoms with van der Waals surface area (Å²) in [5.74, 6) is 0. The van der Waals surface area contributed by atoms with Gasteiger partial charge in [-0.1, -0.05) is 0 Å². The van der Waals surface area contributed by atoms with E-state index in [1.165, 1.54) is 0 Å². The van der Waals surface area contributed by atoms with E-state index in [0.717, 1.165) is 0 Å². The lowest BCUT2D eigenvalue weighted by Gasteiger charge is -2.21. The maximum absolute atomic E-state index is 12.4.